The molecule has 0 aromatic heterocycles. The van der Waals surface area contributed by atoms with Crippen molar-refractivity contribution < 1.29 is 27.9 Å². The van der Waals surface area contributed by atoms with Gasteiger partial charge in [0.05, 0.1) is 0 Å². The van der Waals surface area contributed by atoms with E-state index in [-0.39, 0.29) is 12.3 Å². The van der Waals surface area contributed by atoms with E-state index in [9.17, 15) is 23.2 Å². The summed E-state index contributed by atoms with van der Waals surface area (Å²) < 4.78 is 29.0. The molecule has 162 valence electrons. The second kappa shape index (κ2) is 8.95. The van der Waals surface area contributed by atoms with Crippen LogP contribution in [0.4, 0.5) is 19.3 Å². The molecule has 9 heteroatoms. The standard InChI is InChI=1S/C22H21F2N3O4/c1-3-13-26(16-7-5-4-6-8-16)18(28)14-27-19(29)22(2,25-21(27)30)15-9-11-17(12-10-15)31-20(23)24/h3-12,20H,1,13-14H2,2H3,(H,25,30). The number of rotatable bonds is 8. The molecule has 31 heavy (non-hydrogen) atoms. The average molecular weight is 429 g/mol. The van der Waals surface area contributed by atoms with E-state index in [1.54, 1.807) is 36.4 Å². The third kappa shape index (κ3) is 4.55. The van der Waals surface area contributed by atoms with Gasteiger partial charge in [0.25, 0.3) is 5.91 Å². The lowest BCUT2D eigenvalue weighted by atomic mass is 9.92. The molecule has 3 rings (SSSR count). The molecule has 1 aliphatic rings. The lowest BCUT2D eigenvalue weighted by molar-refractivity contribution is -0.134. The van der Waals surface area contributed by atoms with Crippen molar-refractivity contribution in [2.45, 2.75) is 19.1 Å². The Bertz CT molecular complexity index is 982. The number of nitrogens with zero attached hydrogens (tertiary/aromatic N) is 2. The fourth-order valence-corrected chi connectivity index (χ4v) is 3.31. The normalized spacial score (nSPS) is 18.1. The molecule has 0 aliphatic carbocycles. The van der Waals surface area contributed by atoms with Crippen molar-refractivity contribution in [1.82, 2.24) is 10.2 Å². The van der Waals surface area contributed by atoms with Gasteiger partial charge >= 0.3 is 12.6 Å². The number of anilines is 1. The van der Waals surface area contributed by atoms with E-state index in [0.29, 0.717) is 11.3 Å². The van der Waals surface area contributed by atoms with Gasteiger partial charge in [-0.05, 0) is 36.8 Å². The fraction of sp³-hybridized carbons (Fsp3) is 0.227. The number of benzene rings is 2. The SMILES string of the molecule is C=CCN(C(=O)CN1C(=O)NC(C)(c2ccc(OC(F)F)cc2)C1=O)c1ccccc1. The number of nitrogens with one attached hydrogen (secondary N) is 1. The van der Waals surface area contributed by atoms with Crippen LogP contribution >= 0.6 is 0 Å². The predicted molar refractivity (Wildman–Crippen MR) is 110 cm³/mol. The van der Waals surface area contributed by atoms with Gasteiger partial charge in [-0.2, -0.15) is 8.78 Å². The van der Waals surface area contributed by atoms with Crippen molar-refractivity contribution in [3.63, 3.8) is 0 Å². The van der Waals surface area contributed by atoms with Crippen molar-refractivity contribution in [3.05, 3.63) is 72.8 Å². The van der Waals surface area contributed by atoms with Gasteiger partial charge in [-0.25, -0.2) is 4.79 Å². The zero-order chi connectivity index (χ0) is 22.6. The molecular weight excluding hydrogens is 408 g/mol. The molecular formula is C22H21F2N3O4. The van der Waals surface area contributed by atoms with Gasteiger partial charge in [-0.1, -0.05) is 36.4 Å². The van der Waals surface area contributed by atoms with Gasteiger partial charge in [-0.15, -0.1) is 6.58 Å². The van der Waals surface area contributed by atoms with Crippen molar-refractivity contribution in [2.24, 2.45) is 0 Å². The van der Waals surface area contributed by atoms with Gasteiger partial charge in [0, 0.05) is 12.2 Å². The highest BCUT2D eigenvalue weighted by Crippen LogP contribution is 2.30. The smallest absolute Gasteiger partial charge is 0.387 e. The van der Waals surface area contributed by atoms with Gasteiger partial charge in [0.2, 0.25) is 5.91 Å². The Morgan fingerprint density at radius 3 is 2.42 bits per heavy atom. The number of imide groups is 1. The first-order valence-electron chi connectivity index (χ1n) is 9.42. The predicted octanol–water partition coefficient (Wildman–Crippen LogP) is 3.27. The molecule has 1 atom stereocenters. The molecule has 1 fully saturated rings. The zero-order valence-electron chi connectivity index (χ0n) is 16.8. The summed E-state index contributed by atoms with van der Waals surface area (Å²) in [7, 11) is 0. The Morgan fingerprint density at radius 2 is 1.84 bits per heavy atom. The summed E-state index contributed by atoms with van der Waals surface area (Å²) in [5, 5.41) is 2.58. The van der Waals surface area contributed by atoms with E-state index >= 15 is 0 Å². The maximum Gasteiger partial charge on any atom is 0.387 e. The highest BCUT2D eigenvalue weighted by atomic mass is 19.3. The lowest BCUT2D eigenvalue weighted by Gasteiger charge is -2.25. The van der Waals surface area contributed by atoms with E-state index < -0.39 is 36.5 Å². The molecule has 0 spiro atoms. The quantitative estimate of drug-likeness (QED) is 0.516. The van der Waals surface area contributed by atoms with Crippen molar-refractivity contribution in [2.75, 3.05) is 18.0 Å². The molecule has 2 aromatic carbocycles. The Morgan fingerprint density at radius 1 is 1.19 bits per heavy atom. The topological polar surface area (TPSA) is 79.0 Å². The molecule has 0 saturated carbocycles. The molecule has 1 N–H and O–H groups in total. The first kappa shape index (κ1) is 21.9. The average Bonchev–Trinajstić information content (AvgIpc) is 2.96. The first-order valence-corrected chi connectivity index (χ1v) is 9.42. The zero-order valence-corrected chi connectivity index (χ0v) is 16.8. The first-order chi connectivity index (χ1) is 14.8. The minimum absolute atomic E-state index is 0.0749. The Balaban J connectivity index is 1.79. The summed E-state index contributed by atoms with van der Waals surface area (Å²) in [5.41, 5.74) is -0.471. The summed E-state index contributed by atoms with van der Waals surface area (Å²) in [6.07, 6.45) is 1.55. The van der Waals surface area contributed by atoms with Crippen molar-refractivity contribution in [1.29, 1.82) is 0 Å². The van der Waals surface area contributed by atoms with Crippen LogP contribution in [0, 0.1) is 0 Å². The van der Waals surface area contributed by atoms with Gasteiger partial charge < -0.3 is 15.0 Å². The number of halogens is 2. The second-order valence-electron chi connectivity index (χ2n) is 6.98. The molecule has 0 bridgehead atoms. The molecule has 1 aliphatic heterocycles. The summed E-state index contributed by atoms with van der Waals surface area (Å²) in [4.78, 5) is 40.7. The van der Waals surface area contributed by atoms with Crippen LogP contribution in [0.1, 0.15) is 12.5 Å². The third-order valence-corrected chi connectivity index (χ3v) is 4.91. The van der Waals surface area contributed by atoms with E-state index in [1.807, 2.05) is 0 Å². The molecule has 2 aromatic rings. The number of hydrogen-bond acceptors (Lipinski definition) is 4. The van der Waals surface area contributed by atoms with E-state index in [2.05, 4.69) is 16.6 Å². The number of hydrogen-bond donors (Lipinski definition) is 1. The van der Waals surface area contributed by atoms with Crippen LogP contribution in [0.3, 0.4) is 0 Å². The summed E-state index contributed by atoms with van der Waals surface area (Å²) in [6, 6.07) is 13.5. The number of carbonyl (C=O) groups excluding carboxylic acids is 3. The number of urea groups is 1. The number of amides is 4. The van der Waals surface area contributed by atoms with Crippen LogP contribution in [0.2, 0.25) is 0 Å². The summed E-state index contributed by atoms with van der Waals surface area (Å²) >= 11 is 0. The van der Waals surface area contributed by atoms with Crippen LogP contribution < -0.4 is 15.0 Å². The van der Waals surface area contributed by atoms with Gasteiger partial charge in [0.15, 0.2) is 0 Å². The number of ether oxygens (including phenoxy) is 1. The van der Waals surface area contributed by atoms with Crippen molar-refractivity contribution in [3.8, 4) is 5.75 Å². The van der Waals surface area contributed by atoms with E-state index in [0.717, 1.165) is 4.90 Å². The minimum atomic E-state index is -2.97. The number of carbonyl (C=O) groups is 3. The van der Waals surface area contributed by atoms with Crippen LogP contribution in [-0.2, 0) is 15.1 Å². The summed E-state index contributed by atoms with van der Waals surface area (Å²) in [5.74, 6) is -1.16. The van der Waals surface area contributed by atoms with E-state index in [4.69, 9.17) is 0 Å². The Kier molecular flexibility index (Phi) is 6.33. The van der Waals surface area contributed by atoms with E-state index in [1.165, 1.54) is 36.1 Å². The van der Waals surface area contributed by atoms with Crippen LogP contribution in [0.5, 0.6) is 5.75 Å². The van der Waals surface area contributed by atoms with Gasteiger partial charge in [-0.3, -0.25) is 14.5 Å². The van der Waals surface area contributed by atoms with Crippen LogP contribution in [0.25, 0.3) is 0 Å². The highest BCUT2D eigenvalue weighted by molar-refractivity contribution is 6.10. The largest absolute Gasteiger partial charge is 0.435 e. The molecule has 1 unspecified atom stereocenters. The number of para-hydroxylation sites is 1. The van der Waals surface area contributed by atoms with Crippen LogP contribution in [-0.4, -0.2) is 42.4 Å². The maximum atomic E-state index is 13.1. The fourth-order valence-electron chi connectivity index (χ4n) is 3.31. The molecule has 1 heterocycles. The monoisotopic (exact) mass is 429 g/mol. The highest BCUT2D eigenvalue weighted by Gasteiger charge is 2.49. The molecule has 7 nitrogen and oxygen atoms in total. The Hall–Kier alpha value is -3.75. The molecule has 0 radical (unpaired) electrons. The molecule has 1 saturated heterocycles. The molecule has 4 amide bonds. The van der Waals surface area contributed by atoms with Crippen LogP contribution in [0.15, 0.2) is 67.3 Å². The maximum absolute atomic E-state index is 13.1. The lowest BCUT2D eigenvalue weighted by Crippen LogP contribution is -2.44. The summed E-state index contributed by atoms with van der Waals surface area (Å²) in [6.45, 7) is 1.90. The third-order valence-electron chi connectivity index (χ3n) is 4.91. The minimum Gasteiger partial charge on any atom is -0.435 e. The van der Waals surface area contributed by atoms with Gasteiger partial charge in [0.1, 0.15) is 17.8 Å². The number of alkyl halides is 2. The second-order valence-corrected chi connectivity index (χ2v) is 6.98. The Labute approximate surface area is 177 Å². The van der Waals surface area contributed by atoms with Crippen molar-refractivity contribution >= 4 is 23.5 Å².